The second-order valence-electron chi connectivity index (χ2n) is 4.85. The summed E-state index contributed by atoms with van der Waals surface area (Å²) in [6.07, 6.45) is 3.27. The highest BCUT2D eigenvalue weighted by atomic mass is 32.2. The fourth-order valence-corrected chi connectivity index (χ4v) is 2.85. The van der Waals surface area contributed by atoms with Crippen molar-refractivity contribution >= 4 is 23.4 Å². The lowest BCUT2D eigenvalue weighted by Gasteiger charge is -2.16. The summed E-state index contributed by atoms with van der Waals surface area (Å²) in [6, 6.07) is 9.87. The van der Waals surface area contributed by atoms with Crippen LogP contribution in [0.15, 0.2) is 47.6 Å². The zero-order valence-corrected chi connectivity index (χ0v) is 13.0. The maximum Gasteiger partial charge on any atom is 0.230 e. The van der Waals surface area contributed by atoms with Crippen LogP contribution in [0.25, 0.3) is 0 Å². The average molecular weight is 301 g/mol. The highest BCUT2D eigenvalue weighted by Gasteiger charge is 2.12. The minimum atomic E-state index is -0.00744. The van der Waals surface area contributed by atoms with Crippen molar-refractivity contribution < 1.29 is 4.79 Å². The summed E-state index contributed by atoms with van der Waals surface area (Å²) in [4.78, 5) is 16.8. The first-order valence-electron chi connectivity index (χ1n) is 6.75. The van der Waals surface area contributed by atoms with Crippen LogP contribution in [0.5, 0.6) is 0 Å². The number of nitrogens with two attached hydrogens (primary N) is 1. The summed E-state index contributed by atoms with van der Waals surface area (Å²) in [7, 11) is 0. The van der Waals surface area contributed by atoms with E-state index in [4.69, 9.17) is 5.73 Å². The Morgan fingerprint density at radius 1 is 1.38 bits per heavy atom. The van der Waals surface area contributed by atoms with E-state index in [0.717, 1.165) is 10.5 Å². The molecular formula is C16H19N3OS. The van der Waals surface area contributed by atoms with Crippen LogP contribution in [0.4, 0.5) is 5.69 Å². The predicted molar refractivity (Wildman–Crippen MR) is 87.1 cm³/mol. The topological polar surface area (TPSA) is 68.0 Å². The molecule has 21 heavy (non-hydrogen) atoms. The lowest BCUT2D eigenvalue weighted by Crippen LogP contribution is -2.28. The molecule has 4 nitrogen and oxygen atoms in total. The van der Waals surface area contributed by atoms with Crippen molar-refractivity contribution in [2.24, 2.45) is 0 Å². The molecule has 0 aliphatic rings. The monoisotopic (exact) mass is 301 g/mol. The number of carbonyl (C=O) groups excluding carboxylic acids is 1. The third-order valence-corrected chi connectivity index (χ3v) is 4.29. The van der Waals surface area contributed by atoms with Gasteiger partial charge in [0.25, 0.3) is 0 Å². The first-order valence-corrected chi connectivity index (χ1v) is 7.73. The molecule has 2 aromatic rings. The molecular weight excluding hydrogens is 282 g/mol. The molecule has 0 saturated carbocycles. The van der Waals surface area contributed by atoms with E-state index in [1.54, 1.807) is 12.4 Å². The number of hydrogen-bond donors (Lipinski definition) is 2. The quantitative estimate of drug-likeness (QED) is 0.833. The summed E-state index contributed by atoms with van der Waals surface area (Å²) in [5.74, 6) is 0.330. The average Bonchev–Trinajstić information content (AvgIpc) is 2.46. The van der Waals surface area contributed by atoms with Gasteiger partial charge in [0.1, 0.15) is 0 Å². The summed E-state index contributed by atoms with van der Waals surface area (Å²) in [6.45, 7) is 4.04. The van der Waals surface area contributed by atoms with Crippen LogP contribution in [-0.4, -0.2) is 16.6 Å². The van der Waals surface area contributed by atoms with Gasteiger partial charge in [-0.25, -0.2) is 0 Å². The number of nitrogen functional groups attached to an aromatic ring is 1. The van der Waals surface area contributed by atoms with E-state index in [9.17, 15) is 4.79 Å². The number of aryl methyl sites for hydroxylation is 1. The van der Waals surface area contributed by atoms with Crippen LogP contribution in [0.1, 0.15) is 24.1 Å². The van der Waals surface area contributed by atoms with E-state index in [0.29, 0.717) is 11.4 Å². The Morgan fingerprint density at radius 2 is 2.14 bits per heavy atom. The standard InChI is InChI=1S/C16H19N3OS/c1-11-5-3-4-6-13(11)12(2)19-16(20)10-21-15-7-8-18-9-14(15)17/h3-9,12H,10,17H2,1-2H3,(H,19,20). The Bertz CT molecular complexity index is 630. The van der Waals surface area contributed by atoms with Gasteiger partial charge in [0.05, 0.1) is 23.7 Å². The van der Waals surface area contributed by atoms with Crippen LogP contribution in [0, 0.1) is 6.92 Å². The van der Waals surface area contributed by atoms with Gasteiger partial charge in [-0.3, -0.25) is 9.78 Å². The molecule has 1 unspecified atom stereocenters. The second kappa shape index (κ2) is 7.13. The van der Waals surface area contributed by atoms with Gasteiger partial charge < -0.3 is 11.1 Å². The number of nitrogens with one attached hydrogen (secondary N) is 1. The van der Waals surface area contributed by atoms with Crippen LogP contribution in [-0.2, 0) is 4.79 Å². The van der Waals surface area contributed by atoms with E-state index in [2.05, 4.69) is 10.3 Å². The van der Waals surface area contributed by atoms with Crippen molar-refractivity contribution in [1.82, 2.24) is 10.3 Å². The second-order valence-corrected chi connectivity index (χ2v) is 5.87. The van der Waals surface area contributed by atoms with E-state index in [1.165, 1.54) is 17.3 Å². The zero-order chi connectivity index (χ0) is 15.2. The number of rotatable bonds is 5. The Hall–Kier alpha value is -2.01. The van der Waals surface area contributed by atoms with E-state index < -0.39 is 0 Å². The van der Waals surface area contributed by atoms with Gasteiger partial charge in [-0.05, 0) is 31.0 Å². The fraction of sp³-hybridized carbons (Fsp3) is 0.250. The first kappa shape index (κ1) is 15.4. The predicted octanol–water partition coefficient (Wildman–Crippen LogP) is 2.94. The Morgan fingerprint density at radius 3 is 2.86 bits per heavy atom. The van der Waals surface area contributed by atoms with E-state index >= 15 is 0 Å². The van der Waals surface area contributed by atoms with E-state index in [1.807, 2.05) is 44.2 Å². The Balaban J connectivity index is 1.90. The number of carbonyl (C=O) groups is 1. The Kier molecular flexibility index (Phi) is 5.22. The van der Waals surface area contributed by atoms with Crippen molar-refractivity contribution in [3.63, 3.8) is 0 Å². The summed E-state index contributed by atoms with van der Waals surface area (Å²) < 4.78 is 0. The third-order valence-electron chi connectivity index (χ3n) is 3.20. The molecule has 0 bridgehead atoms. The van der Waals surface area contributed by atoms with Gasteiger partial charge in [0, 0.05) is 11.1 Å². The van der Waals surface area contributed by atoms with Crippen molar-refractivity contribution in [3.8, 4) is 0 Å². The first-order chi connectivity index (χ1) is 10.1. The fourth-order valence-electron chi connectivity index (χ4n) is 2.10. The third kappa shape index (κ3) is 4.23. The number of nitrogens with zero attached hydrogens (tertiary/aromatic N) is 1. The lowest BCUT2D eigenvalue weighted by atomic mass is 10.0. The van der Waals surface area contributed by atoms with Crippen molar-refractivity contribution in [1.29, 1.82) is 0 Å². The van der Waals surface area contributed by atoms with Gasteiger partial charge in [0.15, 0.2) is 0 Å². The van der Waals surface area contributed by atoms with Crippen LogP contribution in [0.3, 0.4) is 0 Å². The van der Waals surface area contributed by atoms with Crippen molar-refractivity contribution in [2.45, 2.75) is 24.8 Å². The number of benzene rings is 1. The number of thioether (sulfide) groups is 1. The lowest BCUT2D eigenvalue weighted by molar-refractivity contribution is -0.119. The smallest absolute Gasteiger partial charge is 0.230 e. The molecule has 0 spiro atoms. The maximum atomic E-state index is 12.0. The largest absolute Gasteiger partial charge is 0.397 e. The molecule has 1 aromatic carbocycles. The summed E-state index contributed by atoms with van der Waals surface area (Å²) in [5, 5.41) is 3.01. The van der Waals surface area contributed by atoms with E-state index in [-0.39, 0.29) is 11.9 Å². The van der Waals surface area contributed by atoms with Crippen LogP contribution < -0.4 is 11.1 Å². The molecule has 0 fully saturated rings. The normalized spacial score (nSPS) is 11.9. The maximum absolute atomic E-state index is 12.0. The molecule has 2 rings (SSSR count). The molecule has 1 aromatic heterocycles. The molecule has 0 aliphatic carbocycles. The van der Waals surface area contributed by atoms with Gasteiger partial charge >= 0.3 is 0 Å². The molecule has 5 heteroatoms. The molecule has 110 valence electrons. The van der Waals surface area contributed by atoms with Gasteiger partial charge in [-0.1, -0.05) is 24.3 Å². The summed E-state index contributed by atoms with van der Waals surface area (Å²) >= 11 is 1.42. The van der Waals surface area contributed by atoms with Crippen molar-refractivity contribution in [3.05, 3.63) is 53.9 Å². The molecule has 1 atom stereocenters. The minimum Gasteiger partial charge on any atom is -0.397 e. The van der Waals surface area contributed by atoms with Crippen LogP contribution >= 0.6 is 11.8 Å². The number of anilines is 1. The zero-order valence-electron chi connectivity index (χ0n) is 12.2. The van der Waals surface area contributed by atoms with Gasteiger partial charge in [-0.2, -0.15) is 0 Å². The number of aromatic nitrogens is 1. The van der Waals surface area contributed by atoms with Crippen molar-refractivity contribution in [2.75, 3.05) is 11.5 Å². The molecule has 1 heterocycles. The highest BCUT2D eigenvalue weighted by molar-refractivity contribution is 8.00. The molecule has 3 N–H and O–H groups in total. The van der Waals surface area contributed by atoms with Gasteiger partial charge in [-0.15, -0.1) is 11.8 Å². The van der Waals surface area contributed by atoms with Crippen LogP contribution in [0.2, 0.25) is 0 Å². The molecule has 0 aliphatic heterocycles. The summed E-state index contributed by atoms with van der Waals surface area (Å²) in [5.41, 5.74) is 8.72. The Labute approximate surface area is 129 Å². The molecule has 0 radical (unpaired) electrons. The molecule has 1 amide bonds. The number of pyridine rings is 1. The molecule has 0 saturated heterocycles. The SMILES string of the molecule is Cc1ccccc1C(C)NC(=O)CSc1ccncc1N. The number of hydrogen-bond acceptors (Lipinski definition) is 4. The highest BCUT2D eigenvalue weighted by Crippen LogP contribution is 2.23. The number of amides is 1. The van der Waals surface area contributed by atoms with Gasteiger partial charge in [0.2, 0.25) is 5.91 Å². The minimum absolute atomic E-state index is 0.00548.